The summed E-state index contributed by atoms with van der Waals surface area (Å²) in [7, 11) is 0. The van der Waals surface area contributed by atoms with Crippen molar-refractivity contribution >= 4 is 21.6 Å². The predicted molar refractivity (Wildman–Crippen MR) is 79.0 cm³/mol. The predicted octanol–water partition coefficient (Wildman–Crippen LogP) is 3.07. The molecule has 1 atom stereocenters. The summed E-state index contributed by atoms with van der Waals surface area (Å²) in [4.78, 5) is 0. The van der Waals surface area contributed by atoms with Gasteiger partial charge in [0.1, 0.15) is 0 Å². The lowest BCUT2D eigenvalue weighted by molar-refractivity contribution is 0.141. The maximum atomic E-state index is 6.01. The standard InChI is InChI=1S/C14H21BrN2O/c1-11-3-4-12(15)13(9-11)17-14(10-16)5-2-7-18-8-6-14/h3-4,9,17H,2,5-8,10,16H2,1H3. The summed E-state index contributed by atoms with van der Waals surface area (Å²) in [5.74, 6) is 0. The van der Waals surface area contributed by atoms with Gasteiger partial charge in [-0.25, -0.2) is 0 Å². The van der Waals surface area contributed by atoms with Crippen molar-refractivity contribution in [2.75, 3.05) is 25.1 Å². The second-order valence-electron chi connectivity index (χ2n) is 5.06. The molecule has 1 aromatic carbocycles. The number of hydrogen-bond acceptors (Lipinski definition) is 3. The number of nitrogens with two attached hydrogens (primary N) is 1. The molecule has 100 valence electrons. The number of rotatable bonds is 3. The van der Waals surface area contributed by atoms with Crippen molar-refractivity contribution < 1.29 is 4.74 Å². The van der Waals surface area contributed by atoms with Crippen LogP contribution in [0, 0.1) is 6.92 Å². The molecule has 1 aromatic rings. The Bertz CT molecular complexity index is 401. The number of benzene rings is 1. The molecule has 1 unspecified atom stereocenters. The van der Waals surface area contributed by atoms with Crippen molar-refractivity contribution in [3.63, 3.8) is 0 Å². The highest BCUT2D eigenvalue weighted by molar-refractivity contribution is 9.10. The van der Waals surface area contributed by atoms with E-state index in [4.69, 9.17) is 10.5 Å². The average molecular weight is 313 g/mol. The molecule has 1 saturated heterocycles. The lowest BCUT2D eigenvalue weighted by atomic mass is 9.90. The minimum absolute atomic E-state index is 0.0349. The first-order valence-electron chi connectivity index (χ1n) is 6.47. The zero-order valence-electron chi connectivity index (χ0n) is 10.8. The molecule has 1 fully saturated rings. The van der Waals surface area contributed by atoms with Gasteiger partial charge in [0.15, 0.2) is 0 Å². The lowest BCUT2D eigenvalue weighted by Gasteiger charge is -2.33. The molecule has 1 aliphatic rings. The van der Waals surface area contributed by atoms with Crippen molar-refractivity contribution in [3.05, 3.63) is 28.2 Å². The first-order valence-corrected chi connectivity index (χ1v) is 7.27. The average Bonchev–Trinajstić information content (AvgIpc) is 2.60. The maximum absolute atomic E-state index is 6.01. The van der Waals surface area contributed by atoms with E-state index in [0.717, 1.165) is 42.6 Å². The maximum Gasteiger partial charge on any atom is 0.0518 e. The van der Waals surface area contributed by atoms with Gasteiger partial charge >= 0.3 is 0 Å². The Morgan fingerprint density at radius 3 is 3.00 bits per heavy atom. The highest BCUT2D eigenvalue weighted by atomic mass is 79.9. The molecule has 0 saturated carbocycles. The summed E-state index contributed by atoms with van der Waals surface area (Å²) in [5, 5.41) is 3.64. The van der Waals surface area contributed by atoms with Crippen LogP contribution in [-0.4, -0.2) is 25.3 Å². The smallest absolute Gasteiger partial charge is 0.0518 e. The van der Waals surface area contributed by atoms with Gasteiger partial charge < -0.3 is 15.8 Å². The van der Waals surface area contributed by atoms with Crippen molar-refractivity contribution in [1.29, 1.82) is 0 Å². The van der Waals surface area contributed by atoms with Gasteiger partial charge in [0.05, 0.1) is 5.54 Å². The molecule has 0 amide bonds. The SMILES string of the molecule is Cc1ccc(Br)c(NC2(CN)CCCOCC2)c1. The van der Waals surface area contributed by atoms with E-state index in [-0.39, 0.29) is 5.54 Å². The van der Waals surface area contributed by atoms with E-state index in [1.807, 2.05) is 0 Å². The summed E-state index contributed by atoms with van der Waals surface area (Å²) in [6, 6.07) is 6.34. The van der Waals surface area contributed by atoms with Gasteiger partial charge in [-0.3, -0.25) is 0 Å². The molecule has 0 aliphatic carbocycles. The molecular weight excluding hydrogens is 292 g/mol. The first-order chi connectivity index (χ1) is 8.65. The van der Waals surface area contributed by atoms with Crippen molar-refractivity contribution in [3.8, 4) is 0 Å². The largest absolute Gasteiger partial charge is 0.381 e. The molecule has 0 spiro atoms. The van der Waals surface area contributed by atoms with Crippen LogP contribution < -0.4 is 11.1 Å². The topological polar surface area (TPSA) is 47.3 Å². The normalized spacial score (nSPS) is 24.6. The number of halogens is 1. The Kier molecular flexibility index (Phi) is 4.65. The van der Waals surface area contributed by atoms with E-state index in [9.17, 15) is 0 Å². The monoisotopic (exact) mass is 312 g/mol. The second-order valence-corrected chi connectivity index (χ2v) is 5.91. The van der Waals surface area contributed by atoms with Crippen molar-refractivity contribution in [2.24, 2.45) is 5.73 Å². The van der Waals surface area contributed by atoms with Gasteiger partial charge in [-0.2, -0.15) is 0 Å². The first kappa shape index (κ1) is 13.8. The van der Waals surface area contributed by atoms with E-state index in [0.29, 0.717) is 6.54 Å². The summed E-state index contributed by atoms with van der Waals surface area (Å²) in [6.07, 6.45) is 3.08. The number of aryl methyl sites for hydroxylation is 1. The molecule has 0 bridgehead atoms. The van der Waals surface area contributed by atoms with Gasteiger partial charge in [0, 0.05) is 29.9 Å². The summed E-state index contributed by atoms with van der Waals surface area (Å²) < 4.78 is 6.62. The molecule has 18 heavy (non-hydrogen) atoms. The van der Waals surface area contributed by atoms with Crippen LogP contribution in [-0.2, 0) is 4.74 Å². The highest BCUT2D eigenvalue weighted by Gasteiger charge is 2.30. The Morgan fingerprint density at radius 2 is 2.22 bits per heavy atom. The van der Waals surface area contributed by atoms with Gasteiger partial charge in [-0.05, 0) is 59.8 Å². The molecule has 0 radical (unpaired) electrons. The molecular formula is C14H21BrN2O. The van der Waals surface area contributed by atoms with E-state index in [1.54, 1.807) is 0 Å². The number of nitrogens with one attached hydrogen (secondary N) is 1. The van der Waals surface area contributed by atoms with Crippen LogP contribution in [0.1, 0.15) is 24.8 Å². The zero-order valence-corrected chi connectivity index (χ0v) is 12.4. The van der Waals surface area contributed by atoms with Crippen molar-refractivity contribution in [1.82, 2.24) is 0 Å². The summed E-state index contributed by atoms with van der Waals surface area (Å²) in [6.45, 7) is 4.37. The van der Waals surface area contributed by atoms with Crippen LogP contribution in [0.25, 0.3) is 0 Å². The van der Waals surface area contributed by atoms with Gasteiger partial charge in [-0.15, -0.1) is 0 Å². The third-order valence-electron chi connectivity index (χ3n) is 3.58. The molecule has 1 aliphatic heterocycles. The van der Waals surface area contributed by atoms with Crippen LogP contribution in [0.5, 0.6) is 0 Å². The Balaban J connectivity index is 2.20. The molecule has 1 heterocycles. The van der Waals surface area contributed by atoms with E-state index in [1.165, 1.54) is 5.56 Å². The van der Waals surface area contributed by atoms with Crippen LogP contribution in [0.3, 0.4) is 0 Å². The number of hydrogen-bond donors (Lipinski definition) is 2. The fourth-order valence-corrected chi connectivity index (χ4v) is 2.75. The molecule has 2 rings (SSSR count). The second kappa shape index (κ2) is 6.04. The Morgan fingerprint density at radius 1 is 1.39 bits per heavy atom. The van der Waals surface area contributed by atoms with E-state index < -0.39 is 0 Å². The van der Waals surface area contributed by atoms with Gasteiger partial charge in [0.25, 0.3) is 0 Å². The minimum Gasteiger partial charge on any atom is -0.381 e. The Hall–Kier alpha value is -0.580. The zero-order chi connectivity index (χ0) is 13.0. The fourth-order valence-electron chi connectivity index (χ4n) is 2.41. The minimum atomic E-state index is -0.0349. The molecule has 3 nitrogen and oxygen atoms in total. The quantitative estimate of drug-likeness (QED) is 0.901. The molecule has 0 aromatic heterocycles. The molecule has 4 heteroatoms. The fraction of sp³-hybridized carbons (Fsp3) is 0.571. The third kappa shape index (κ3) is 3.25. The van der Waals surface area contributed by atoms with Crippen LogP contribution in [0.2, 0.25) is 0 Å². The van der Waals surface area contributed by atoms with Gasteiger partial charge in [-0.1, -0.05) is 6.07 Å². The highest BCUT2D eigenvalue weighted by Crippen LogP contribution is 2.30. The Labute approximate surface area is 117 Å². The number of anilines is 1. The molecule has 3 N–H and O–H groups in total. The third-order valence-corrected chi connectivity index (χ3v) is 4.27. The van der Waals surface area contributed by atoms with Crippen LogP contribution in [0.15, 0.2) is 22.7 Å². The van der Waals surface area contributed by atoms with E-state index >= 15 is 0 Å². The van der Waals surface area contributed by atoms with Crippen molar-refractivity contribution in [2.45, 2.75) is 31.7 Å². The van der Waals surface area contributed by atoms with Gasteiger partial charge in [0.2, 0.25) is 0 Å². The van der Waals surface area contributed by atoms with Crippen LogP contribution in [0.4, 0.5) is 5.69 Å². The van der Waals surface area contributed by atoms with Crippen LogP contribution >= 0.6 is 15.9 Å². The summed E-state index contributed by atoms with van der Waals surface area (Å²) >= 11 is 3.60. The number of ether oxygens (including phenoxy) is 1. The summed E-state index contributed by atoms with van der Waals surface area (Å²) in [5.41, 5.74) is 8.35. The van der Waals surface area contributed by atoms with E-state index in [2.05, 4.69) is 46.4 Å². The lowest BCUT2D eigenvalue weighted by Crippen LogP contribution is -2.45.